The fourth-order valence-electron chi connectivity index (χ4n) is 1.70. The van der Waals surface area contributed by atoms with Gasteiger partial charge in [0.15, 0.2) is 5.58 Å². The standard InChI is InChI=1S/C13H9BrFN3O/c14-7-1-3-9(15)11(5-7)18-13-17-10-4-2-8(16)6-12(10)19-13/h1-6H,16H2,(H,17,18). The van der Waals surface area contributed by atoms with E-state index in [1.54, 1.807) is 30.3 Å². The van der Waals surface area contributed by atoms with Gasteiger partial charge in [-0.1, -0.05) is 15.9 Å². The normalized spacial score (nSPS) is 10.8. The molecular weight excluding hydrogens is 313 g/mol. The lowest BCUT2D eigenvalue weighted by Gasteiger charge is -2.03. The Labute approximate surface area is 116 Å². The molecule has 0 amide bonds. The molecule has 0 fully saturated rings. The summed E-state index contributed by atoms with van der Waals surface area (Å²) >= 11 is 3.28. The van der Waals surface area contributed by atoms with E-state index in [0.29, 0.717) is 16.8 Å². The van der Waals surface area contributed by atoms with Crippen molar-refractivity contribution in [3.63, 3.8) is 0 Å². The molecular formula is C13H9BrFN3O. The Morgan fingerprint density at radius 1 is 1.21 bits per heavy atom. The van der Waals surface area contributed by atoms with Crippen molar-refractivity contribution in [3.05, 3.63) is 46.7 Å². The van der Waals surface area contributed by atoms with Gasteiger partial charge in [-0.2, -0.15) is 4.98 Å². The van der Waals surface area contributed by atoms with Gasteiger partial charge in [-0.3, -0.25) is 0 Å². The molecule has 0 saturated carbocycles. The molecule has 96 valence electrons. The summed E-state index contributed by atoms with van der Waals surface area (Å²) in [7, 11) is 0. The van der Waals surface area contributed by atoms with Crippen molar-refractivity contribution in [1.82, 2.24) is 4.98 Å². The molecule has 0 spiro atoms. The molecule has 1 heterocycles. The summed E-state index contributed by atoms with van der Waals surface area (Å²) in [6, 6.07) is 9.95. The van der Waals surface area contributed by atoms with Gasteiger partial charge >= 0.3 is 0 Å². The van der Waals surface area contributed by atoms with Crippen LogP contribution in [-0.2, 0) is 0 Å². The zero-order valence-corrected chi connectivity index (χ0v) is 11.2. The van der Waals surface area contributed by atoms with E-state index in [9.17, 15) is 4.39 Å². The molecule has 2 aromatic carbocycles. The second-order valence-electron chi connectivity index (χ2n) is 4.00. The van der Waals surface area contributed by atoms with Gasteiger partial charge in [-0.15, -0.1) is 0 Å². The Bertz CT molecular complexity index is 757. The average molecular weight is 322 g/mol. The summed E-state index contributed by atoms with van der Waals surface area (Å²) in [5, 5.41) is 2.80. The lowest BCUT2D eigenvalue weighted by Crippen LogP contribution is -1.93. The Hall–Kier alpha value is -2.08. The quantitative estimate of drug-likeness (QED) is 0.699. The van der Waals surface area contributed by atoms with Crippen LogP contribution in [0.5, 0.6) is 0 Å². The second kappa shape index (κ2) is 4.55. The van der Waals surface area contributed by atoms with Crippen molar-refractivity contribution in [2.24, 2.45) is 0 Å². The second-order valence-corrected chi connectivity index (χ2v) is 4.91. The number of nitrogens with one attached hydrogen (secondary N) is 1. The third-order valence-corrected chi connectivity index (χ3v) is 3.08. The van der Waals surface area contributed by atoms with E-state index in [1.165, 1.54) is 6.07 Å². The molecule has 0 unspecified atom stereocenters. The molecule has 0 aliphatic rings. The van der Waals surface area contributed by atoms with E-state index in [0.717, 1.165) is 4.47 Å². The number of hydrogen-bond acceptors (Lipinski definition) is 4. The molecule has 0 radical (unpaired) electrons. The molecule has 4 nitrogen and oxygen atoms in total. The maximum atomic E-state index is 13.6. The summed E-state index contributed by atoms with van der Waals surface area (Å²) in [6.07, 6.45) is 0. The van der Waals surface area contributed by atoms with Gasteiger partial charge in [-0.25, -0.2) is 4.39 Å². The Kier molecular flexibility index (Phi) is 2.87. The molecule has 1 aromatic heterocycles. The van der Waals surface area contributed by atoms with E-state index < -0.39 is 0 Å². The highest BCUT2D eigenvalue weighted by atomic mass is 79.9. The number of fused-ring (bicyclic) bond motifs is 1. The number of nitrogens with zero attached hydrogens (tertiary/aromatic N) is 1. The molecule has 19 heavy (non-hydrogen) atoms. The zero-order chi connectivity index (χ0) is 13.4. The zero-order valence-electron chi connectivity index (χ0n) is 9.65. The van der Waals surface area contributed by atoms with Crippen LogP contribution in [0.1, 0.15) is 0 Å². The number of aromatic nitrogens is 1. The number of oxazole rings is 1. The van der Waals surface area contributed by atoms with Gasteiger partial charge in [0.2, 0.25) is 0 Å². The van der Waals surface area contributed by atoms with Crippen LogP contribution in [0.4, 0.5) is 21.8 Å². The topological polar surface area (TPSA) is 64.1 Å². The molecule has 0 bridgehead atoms. The lowest BCUT2D eigenvalue weighted by molar-refractivity contribution is 0.611. The number of nitrogen functional groups attached to an aromatic ring is 1. The predicted octanol–water partition coefficient (Wildman–Crippen LogP) is 4.06. The molecule has 6 heteroatoms. The van der Waals surface area contributed by atoms with Gasteiger partial charge < -0.3 is 15.5 Å². The minimum atomic E-state index is -0.384. The molecule has 0 aliphatic carbocycles. The van der Waals surface area contributed by atoms with E-state index in [-0.39, 0.29) is 17.5 Å². The number of rotatable bonds is 2. The minimum Gasteiger partial charge on any atom is -0.423 e. The van der Waals surface area contributed by atoms with Crippen molar-refractivity contribution in [2.75, 3.05) is 11.1 Å². The number of halogens is 2. The molecule has 3 N–H and O–H groups in total. The van der Waals surface area contributed by atoms with Crippen molar-refractivity contribution in [3.8, 4) is 0 Å². The van der Waals surface area contributed by atoms with Gasteiger partial charge in [0.05, 0.1) is 5.69 Å². The van der Waals surface area contributed by atoms with Gasteiger partial charge in [0, 0.05) is 16.2 Å². The molecule has 0 atom stereocenters. The van der Waals surface area contributed by atoms with Gasteiger partial charge in [-0.05, 0) is 30.3 Å². The molecule has 0 saturated heterocycles. The predicted molar refractivity (Wildman–Crippen MR) is 75.8 cm³/mol. The van der Waals surface area contributed by atoms with E-state index in [1.807, 2.05) is 0 Å². The number of benzene rings is 2. The van der Waals surface area contributed by atoms with E-state index in [4.69, 9.17) is 10.2 Å². The number of anilines is 3. The van der Waals surface area contributed by atoms with Crippen LogP contribution in [0.15, 0.2) is 45.3 Å². The smallest absolute Gasteiger partial charge is 0.300 e. The van der Waals surface area contributed by atoms with Crippen LogP contribution in [0, 0.1) is 5.82 Å². The van der Waals surface area contributed by atoms with Crippen LogP contribution >= 0.6 is 15.9 Å². The molecule has 0 aliphatic heterocycles. The first-order chi connectivity index (χ1) is 9.11. The summed E-state index contributed by atoms with van der Waals surface area (Å²) in [5.74, 6) is -0.384. The van der Waals surface area contributed by atoms with Gasteiger partial charge in [0.1, 0.15) is 11.3 Å². The minimum absolute atomic E-state index is 0.220. The fourth-order valence-corrected chi connectivity index (χ4v) is 2.06. The third-order valence-electron chi connectivity index (χ3n) is 2.58. The largest absolute Gasteiger partial charge is 0.423 e. The monoisotopic (exact) mass is 321 g/mol. The van der Waals surface area contributed by atoms with Crippen LogP contribution in [0.25, 0.3) is 11.1 Å². The van der Waals surface area contributed by atoms with Crippen LogP contribution < -0.4 is 11.1 Å². The first-order valence-corrected chi connectivity index (χ1v) is 6.29. The van der Waals surface area contributed by atoms with Crippen molar-refractivity contribution < 1.29 is 8.81 Å². The Morgan fingerprint density at radius 2 is 2.05 bits per heavy atom. The molecule has 3 aromatic rings. The SMILES string of the molecule is Nc1ccc2nc(Nc3cc(Br)ccc3F)oc2c1. The lowest BCUT2D eigenvalue weighted by atomic mass is 10.3. The number of hydrogen-bond donors (Lipinski definition) is 2. The van der Waals surface area contributed by atoms with Gasteiger partial charge in [0.25, 0.3) is 6.01 Å². The third kappa shape index (κ3) is 2.39. The fraction of sp³-hybridized carbons (Fsp3) is 0. The summed E-state index contributed by atoms with van der Waals surface area (Å²) < 4.78 is 19.8. The first-order valence-electron chi connectivity index (χ1n) is 5.50. The number of nitrogens with two attached hydrogens (primary N) is 1. The highest BCUT2D eigenvalue weighted by Gasteiger charge is 2.09. The van der Waals surface area contributed by atoms with Crippen molar-refractivity contribution >= 4 is 44.4 Å². The summed E-state index contributed by atoms with van der Waals surface area (Å²) in [6.45, 7) is 0. The average Bonchev–Trinajstić information content (AvgIpc) is 2.75. The summed E-state index contributed by atoms with van der Waals surface area (Å²) in [5.41, 5.74) is 7.74. The van der Waals surface area contributed by atoms with Crippen LogP contribution in [0.2, 0.25) is 0 Å². The first kappa shape index (κ1) is 12.0. The van der Waals surface area contributed by atoms with Crippen LogP contribution in [-0.4, -0.2) is 4.98 Å². The maximum Gasteiger partial charge on any atom is 0.300 e. The summed E-state index contributed by atoms with van der Waals surface area (Å²) in [4.78, 5) is 4.20. The Morgan fingerprint density at radius 3 is 2.89 bits per heavy atom. The highest BCUT2D eigenvalue weighted by Crippen LogP contribution is 2.26. The highest BCUT2D eigenvalue weighted by molar-refractivity contribution is 9.10. The van der Waals surface area contributed by atoms with Crippen molar-refractivity contribution in [2.45, 2.75) is 0 Å². The van der Waals surface area contributed by atoms with Crippen molar-refractivity contribution in [1.29, 1.82) is 0 Å². The molecule has 3 rings (SSSR count). The Balaban J connectivity index is 1.98. The maximum absolute atomic E-state index is 13.6. The van der Waals surface area contributed by atoms with E-state index >= 15 is 0 Å². The van der Waals surface area contributed by atoms with E-state index in [2.05, 4.69) is 26.2 Å². The van der Waals surface area contributed by atoms with Crippen LogP contribution in [0.3, 0.4) is 0 Å².